The molecular formula is C17H17FN2S. The van der Waals surface area contributed by atoms with E-state index in [4.69, 9.17) is 12.2 Å². The highest BCUT2D eigenvalue weighted by atomic mass is 32.1. The van der Waals surface area contributed by atoms with Crippen molar-refractivity contribution < 1.29 is 4.39 Å². The maximum Gasteiger partial charge on any atom is 0.178 e. The van der Waals surface area contributed by atoms with Gasteiger partial charge in [-0.3, -0.25) is 0 Å². The summed E-state index contributed by atoms with van der Waals surface area (Å²) in [5.74, 6) is 0.129. The summed E-state index contributed by atoms with van der Waals surface area (Å²) >= 11 is 5.39. The SMILES string of the molecule is Cc1cc2c(cc1F)[nH]c(=S)n2CC(C)c1ccccc1. The fourth-order valence-corrected chi connectivity index (χ4v) is 2.91. The standard InChI is InChI=1S/C17H17FN2S/c1-11-8-16-15(9-14(11)18)19-17(21)20(16)10-12(2)13-6-4-3-5-7-13/h3-9,12H,10H2,1-2H3,(H,19,21). The number of aryl methyl sites for hydroxylation is 1. The smallest absolute Gasteiger partial charge is 0.178 e. The maximum absolute atomic E-state index is 13.7. The number of aromatic amines is 1. The van der Waals surface area contributed by atoms with Crippen LogP contribution in [0.4, 0.5) is 4.39 Å². The van der Waals surface area contributed by atoms with Crippen molar-refractivity contribution in [3.8, 4) is 0 Å². The van der Waals surface area contributed by atoms with Crippen LogP contribution in [-0.2, 0) is 6.54 Å². The molecule has 0 saturated carbocycles. The number of fused-ring (bicyclic) bond motifs is 1. The van der Waals surface area contributed by atoms with Crippen molar-refractivity contribution in [1.82, 2.24) is 9.55 Å². The predicted molar refractivity (Wildman–Crippen MR) is 86.7 cm³/mol. The molecule has 1 unspecified atom stereocenters. The van der Waals surface area contributed by atoms with Crippen molar-refractivity contribution >= 4 is 23.3 Å². The lowest BCUT2D eigenvalue weighted by Crippen LogP contribution is -2.06. The monoisotopic (exact) mass is 300 g/mol. The van der Waals surface area contributed by atoms with E-state index in [0.29, 0.717) is 16.3 Å². The minimum absolute atomic E-state index is 0.206. The van der Waals surface area contributed by atoms with E-state index in [2.05, 4.69) is 28.6 Å². The number of halogens is 1. The van der Waals surface area contributed by atoms with E-state index in [-0.39, 0.29) is 5.82 Å². The predicted octanol–water partition coefficient (Wildman–Crippen LogP) is 4.95. The van der Waals surface area contributed by atoms with Gasteiger partial charge in [0.2, 0.25) is 0 Å². The summed E-state index contributed by atoms with van der Waals surface area (Å²) < 4.78 is 16.3. The van der Waals surface area contributed by atoms with Crippen LogP contribution < -0.4 is 0 Å². The minimum atomic E-state index is -0.206. The van der Waals surface area contributed by atoms with E-state index in [0.717, 1.165) is 17.6 Å². The van der Waals surface area contributed by atoms with Gasteiger partial charge in [0.15, 0.2) is 4.77 Å². The summed E-state index contributed by atoms with van der Waals surface area (Å²) in [5, 5.41) is 0. The van der Waals surface area contributed by atoms with E-state index in [9.17, 15) is 4.39 Å². The molecule has 2 aromatic carbocycles. The molecule has 4 heteroatoms. The van der Waals surface area contributed by atoms with Gasteiger partial charge in [-0.25, -0.2) is 4.39 Å². The van der Waals surface area contributed by atoms with Crippen LogP contribution in [0, 0.1) is 17.5 Å². The molecule has 2 nitrogen and oxygen atoms in total. The minimum Gasteiger partial charge on any atom is -0.330 e. The lowest BCUT2D eigenvalue weighted by Gasteiger charge is -2.13. The third-order valence-corrected chi connectivity index (χ3v) is 4.20. The van der Waals surface area contributed by atoms with Gasteiger partial charge >= 0.3 is 0 Å². The second-order valence-electron chi connectivity index (χ2n) is 5.47. The largest absolute Gasteiger partial charge is 0.330 e. The Morgan fingerprint density at radius 3 is 2.67 bits per heavy atom. The van der Waals surface area contributed by atoms with Crippen molar-refractivity contribution in [3.05, 3.63) is 64.2 Å². The summed E-state index contributed by atoms with van der Waals surface area (Å²) in [7, 11) is 0. The first-order valence-corrected chi connectivity index (χ1v) is 7.40. The normalized spacial score (nSPS) is 12.7. The van der Waals surface area contributed by atoms with Gasteiger partial charge in [-0.15, -0.1) is 0 Å². The van der Waals surface area contributed by atoms with Crippen molar-refractivity contribution in [2.75, 3.05) is 0 Å². The van der Waals surface area contributed by atoms with Gasteiger partial charge in [-0.2, -0.15) is 0 Å². The van der Waals surface area contributed by atoms with Gasteiger partial charge in [0.05, 0.1) is 11.0 Å². The van der Waals surface area contributed by atoms with Crippen molar-refractivity contribution in [2.24, 2.45) is 0 Å². The fourth-order valence-electron chi connectivity index (χ4n) is 2.62. The Bertz CT molecular complexity index is 833. The van der Waals surface area contributed by atoms with Gasteiger partial charge < -0.3 is 9.55 Å². The van der Waals surface area contributed by atoms with Gasteiger partial charge in [-0.05, 0) is 48.3 Å². The number of H-pyrrole nitrogens is 1. The molecule has 1 aromatic heterocycles. The molecule has 0 aliphatic carbocycles. The molecular weight excluding hydrogens is 283 g/mol. The third-order valence-electron chi connectivity index (χ3n) is 3.88. The zero-order valence-electron chi connectivity index (χ0n) is 12.1. The quantitative estimate of drug-likeness (QED) is 0.679. The highest BCUT2D eigenvalue weighted by Crippen LogP contribution is 2.23. The second-order valence-corrected chi connectivity index (χ2v) is 5.86. The highest BCUT2D eigenvalue weighted by Gasteiger charge is 2.12. The Labute approximate surface area is 128 Å². The fraction of sp³-hybridized carbons (Fsp3) is 0.235. The molecule has 1 N–H and O–H groups in total. The molecule has 0 aliphatic heterocycles. The molecule has 0 bridgehead atoms. The molecule has 0 amide bonds. The molecule has 3 rings (SSSR count). The molecule has 21 heavy (non-hydrogen) atoms. The Hall–Kier alpha value is -1.94. The summed E-state index contributed by atoms with van der Waals surface area (Å²) in [4.78, 5) is 3.09. The maximum atomic E-state index is 13.7. The molecule has 0 aliphatic rings. The number of hydrogen-bond donors (Lipinski definition) is 1. The molecule has 1 atom stereocenters. The van der Waals surface area contributed by atoms with E-state index in [1.165, 1.54) is 11.6 Å². The van der Waals surface area contributed by atoms with E-state index in [1.807, 2.05) is 24.3 Å². The molecule has 0 radical (unpaired) electrons. The van der Waals surface area contributed by atoms with Crippen LogP contribution in [0.15, 0.2) is 42.5 Å². The third kappa shape index (κ3) is 2.63. The molecule has 0 fully saturated rings. The first-order valence-electron chi connectivity index (χ1n) is 7.00. The lowest BCUT2D eigenvalue weighted by molar-refractivity contribution is 0.603. The first kappa shape index (κ1) is 14.0. The zero-order valence-corrected chi connectivity index (χ0v) is 12.9. The van der Waals surface area contributed by atoms with Gasteiger partial charge in [0, 0.05) is 6.54 Å². The van der Waals surface area contributed by atoms with E-state index in [1.54, 1.807) is 6.92 Å². The van der Waals surface area contributed by atoms with Crippen molar-refractivity contribution in [3.63, 3.8) is 0 Å². The van der Waals surface area contributed by atoms with Gasteiger partial charge in [0.25, 0.3) is 0 Å². The van der Waals surface area contributed by atoms with E-state index >= 15 is 0 Å². The molecule has 1 heterocycles. The number of benzene rings is 2. The topological polar surface area (TPSA) is 20.7 Å². The Kier molecular flexibility index (Phi) is 3.64. The van der Waals surface area contributed by atoms with Gasteiger partial charge in [-0.1, -0.05) is 37.3 Å². The first-order chi connectivity index (χ1) is 10.1. The van der Waals surface area contributed by atoms with Crippen molar-refractivity contribution in [2.45, 2.75) is 26.3 Å². The van der Waals surface area contributed by atoms with Crippen LogP contribution in [0.2, 0.25) is 0 Å². The summed E-state index contributed by atoms with van der Waals surface area (Å²) in [6.45, 7) is 4.72. The number of aromatic nitrogens is 2. The van der Waals surface area contributed by atoms with Crippen molar-refractivity contribution in [1.29, 1.82) is 0 Å². The molecule has 3 aromatic rings. The Balaban J connectivity index is 2.03. The van der Waals surface area contributed by atoms with Crippen LogP contribution in [0.25, 0.3) is 11.0 Å². The second kappa shape index (κ2) is 5.45. The van der Waals surface area contributed by atoms with Crippen LogP contribution in [-0.4, -0.2) is 9.55 Å². The van der Waals surface area contributed by atoms with Crippen LogP contribution in [0.5, 0.6) is 0 Å². The van der Waals surface area contributed by atoms with Crippen LogP contribution in [0.3, 0.4) is 0 Å². The highest BCUT2D eigenvalue weighted by molar-refractivity contribution is 7.71. The summed E-state index contributed by atoms with van der Waals surface area (Å²) in [6, 6.07) is 13.7. The van der Waals surface area contributed by atoms with Crippen LogP contribution >= 0.6 is 12.2 Å². The average molecular weight is 300 g/mol. The van der Waals surface area contributed by atoms with Crippen LogP contribution in [0.1, 0.15) is 24.0 Å². The zero-order chi connectivity index (χ0) is 15.0. The number of rotatable bonds is 3. The van der Waals surface area contributed by atoms with E-state index < -0.39 is 0 Å². The number of hydrogen-bond acceptors (Lipinski definition) is 1. The Morgan fingerprint density at radius 1 is 1.24 bits per heavy atom. The number of nitrogens with zero attached hydrogens (tertiary/aromatic N) is 1. The molecule has 0 spiro atoms. The average Bonchev–Trinajstić information content (AvgIpc) is 2.76. The molecule has 0 saturated heterocycles. The summed E-state index contributed by atoms with van der Waals surface area (Å²) in [6.07, 6.45) is 0. The number of nitrogens with one attached hydrogen (secondary N) is 1. The lowest BCUT2D eigenvalue weighted by atomic mass is 10.0. The van der Waals surface area contributed by atoms with Gasteiger partial charge in [0.1, 0.15) is 5.82 Å². The summed E-state index contributed by atoms with van der Waals surface area (Å²) in [5.41, 5.74) is 3.62. The molecule has 108 valence electrons. The number of imidazole rings is 1. The Morgan fingerprint density at radius 2 is 1.95 bits per heavy atom.